The summed E-state index contributed by atoms with van der Waals surface area (Å²) in [5, 5.41) is 0. The number of thioether (sulfide) groups is 1. The third-order valence-corrected chi connectivity index (χ3v) is 4.63. The lowest BCUT2D eigenvalue weighted by molar-refractivity contribution is 1.06. The number of aromatic nitrogens is 1. The quantitative estimate of drug-likeness (QED) is 0.482. The van der Waals surface area contributed by atoms with Gasteiger partial charge in [-0.15, -0.1) is 11.8 Å². The Hall–Kier alpha value is -2.46. The Morgan fingerprint density at radius 3 is 2.42 bits per heavy atom. The summed E-state index contributed by atoms with van der Waals surface area (Å²) in [6.07, 6.45) is 6.06. The van der Waals surface area contributed by atoms with Gasteiger partial charge in [0.1, 0.15) is 0 Å². The Morgan fingerprint density at radius 1 is 0.958 bits per heavy atom. The molecule has 24 heavy (non-hydrogen) atoms. The summed E-state index contributed by atoms with van der Waals surface area (Å²) in [5.74, 6) is 0. The van der Waals surface area contributed by atoms with E-state index in [0.717, 1.165) is 17.1 Å². The molecule has 0 N–H and O–H groups in total. The van der Waals surface area contributed by atoms with Gasteiger partial charge in [0, 0.05) is 36.6 Å². The van der Waals surface area contributed by atoms with Crippen molar-refractivity contribution in [1.29, 1.82) is 0 Å². The number of anilines is 1. The lowest BCUT2D eigenvalue weighted by Crippen LogP contribution is -2.08. The van der Waals surface area contributed by atoms with Gasteiger partial charge in [0.2, 0.25) is 0 Å². The smallest absolute Gasteiger partial charge is 0.0766 e. The molecule has 0 saturated heterocycles. The molecule has 3 nitrogen and oxygen atoms in total. The van der Waals surface area contributed by atoms with Crippen molar-refractivity contribution in [3.05, 3.63) is 72.6 Å². The molecular formula is C20H21N3S. The van der Waals surface area contributed by atoms with E-state index < -0.39 is 0 Å². The van der Waals surface area contributed by atoms with Crippen LogP contribution in [-0.2, 0) is 0 Å². The first-order valence-corrected chi connectivity index (χ1v) is 9.04. The third kappa shape index (κ3) is 3.54. The van der Waals surface area contributed by atoms with Crippen LogP contribution in [0.5, 0.6) is 0 Å². The van der Waals surface area contributed by atoms with Gasteiger partial charge in [-0.25, -0.2) is 0 Å². The van der Waals surface area contributed by atoms with Crippen LogP contribution < -0.4 is 4.90 Å². The fraction of sp³-hybridized carbons (Fsp3) is 0.150. The van der Waals surface area contributed by atoms with Crippen LogP contribution >= 0.6 is 11.8 Å². The highest BCUT2D eigenvalue weighted by molar-refractivity contribution is 7.98. The first-order valence-electron chi connectivity index (χ1n) is 7.81. The molecule has 0 aliphatic rings. The van der Waals surface area contributed by atoms with Crippen molar-refractivity contribution in [3.8, 4) is 5.69 Å². The lowest BCUT2D eigenvalue weighted by Gasteiger charge is -2.13. The topological polar surface area (TPSA) is 20.5 Å². The Bertz CT molecular complexity index is 832. The molecule has 0 aliphatic heterocycles. The van der Waals surface area contributed by atoms with Gasteiger partial charge in [0.25, 0.3) is 0 Å². The molecule has 3 rings (SSSR count). The first-order chi connectivity index (χ1) is 11.7. The van der Waals surface area contributed by atoms with Crippen LogP contribution in [0.1, 0.15) is 5.69 Å². The maximum Gasteiger partial charge on any atom is 0.0766 e. The Kier molecular flexibility index (Phi) is 5.06. The average molecular weight is 335 g/mol. The fourth-order valence-corrected chi connectivity index (χ4v) is 3.06. The van der Waals surface area contributed by atoms with Gasteiger partial charge in [0.15, 0.2) is 0 Å². The normalized spacial score (nSPS) is 11.1. The van der Waals surface area contributed by atoms with E-state index in [1.807, 2.05) is 44.6 Å². The third-order valence-electron chi connectivity index (χ3n) is 3.85. The maximum absolute atomic E-state index is 4.68. The molecule has 0 atom stereocenters. The van der Waals surface area contributed by atoms with Crippen LogP contribution in [0.15, 0.2) is 76.7 Å². The van der Waals surface area contributed by atoms with E-state index in [2.05, 4.69) is 63.3 Å². The highest BCUT2D eigenvalue weighted by Gasteiger charge is 2.03. The zero-order chi connectivity index (χ0) is 16.9. The van der Waals surface area contributed by atoms with Gasteiger partial charge < -0.3 is 9.47 Å². The van der Waals surface area contributed by atoms with Crippen LogP contribution in [0.4, 0.5) is 11.4 Å². The molecule has 0 amide bonds. The summed E-state index contributed by atoms with van der Waals surface area (Å²) in [6, 6.07) is 20.8. The van der Waals surface area contributed by atoms with Crippen LogP contribution in [0.2, 0.25) is 0 Å². The number of hydrogen-bond acceptors (Lipinski definition) is 3. The van der Waals surface area contributed by atoms with Crippen LogP contribution in [0.3, 0.4) is 0 Å². The second-order valence-corrected chi connectivity index (χ2v) is 6.49. The number of aliphatic imine (C=N–C) groups is 1. The van der Waals surface area contributed by atoms with E-state index in [0.29, 0.717) is 0 Å². The van der Waals surface area contributed by atoms with Crippen LogP contribution in [-0.4, -0.2) is 31.1 Å². The largest absolute Gasteiger partial charge is 0.378 e. The van der Waals surface area contributed by atoms with Crippen LogP contribution in [0, 0.1) is 0 Å². The molecule has 0 spiro atoms. The molecule has 0 saturated carbocycles. The van der Waals surface area contributed by atoms with Crippen molar-refractivity contribution in [2.75, 3.05) is 25.3 Å². The van der Waals surface area contributed by atoms with E-state index >= 15 is 0 Å². The highest BCUT2D eigenvalue weighted by Crippen LogP contribution is 2.27. The van der Waals surface area contributed by atoms with E-state index in [4.69, 9.17) is 0 Å². The molecule has 0 bridgehead atoms. The minimum Gasteiger partial charge on any atom is -0.378 e. The van der Waals surface area contributed by atoms with Crippen molar-refractivity contribution >= 4 is 29.4 Å². The maximum atomic E-state index is 4.68. The minimum absolute atomic E-state index is 1.00. The number of hydrogen-bond donors (Lipinski definition) is 0. The summed E-state index contributed by atoms with van der Waals surface area (Å²) in [7, 11) is 4.10. The van der Waals surface area contributed by atoms with Crippen LogP contribution in [0.25, 0.3) is 5.69 Å². The van der Waals surface area contributed by atoms with Crippen molar-refractivity contribution in [3.63, 3.8) is 0 Å². The molecule has 0 unspecified atom stereocenters. The monoisotopic (exact) mass is 335 g/mol. The SMILES string of the molecule is CSc1ccccc1N=Cc1cccn1-c1ccc(N(C)C)cc1. The average Bonchev–Trinajstić information content (AvgIpc) is 3.08. The molecule has 122 valence electrons. The zero-order valence-corrected chi connectivity index (χ0v) is 15.0. The van der Waals surface area contributed by atoms with Gasteiger partial charge in [-0.3, -0.25) is 4.99 Å². The second kappa shape index (κ2) is 7.41. The highest BCUT2D eigenvalue weighted by atomic mass is 32.2. The number of benzene rings is 2. The molecule has 3 aromatic rings. The van der Waals surface area contributed by atoms with Crippen molar-refractivity contribution in [2.24, 2.45) is 4.99 Å². The molecule has 1 aromatic heterocycles. The van der Waals surface area contributed by atoms with Crippen molar-refractivity contribution < 1.29 is 0 Å². The van der Waals surface area contributed by atoms with E-state index in [-0.39, 0.29) is 0 Å². The van der Waals surface area contributed by atoms with Gasteiger partial charge in [-0.2, -0.15) is 0 Å². The number of rotatable bonds is 5. The Morgan fingerprint density at radius 2 is 1.71 bits per heavy atom. The van der Waals surface area contributed by atoms with Gasteiger partial charge in [-0.1, -0.05) is 12.1 Å². The summed E-state index contributed by atoms with van der Waals surface area (Å²) in [6.45, 7) is 0. The van der Waals surface area contributed by atoms with Crippen molar-refractivity contribution in [2.45, 2.75) is 4.90 Å². The summed E-state index contributed by atoms with van der Waals surface area (Å²) >= 11 is 1.71. The molecule has 0 radical (unpaired) electrons. The molecule has 1 heterocycles. The molecule has 2 aromatic carbocycles. The second-order valence-electron chi connectivity index (χ2n) is 5.64. The molecular weight excluding hydrogens is 314 g/mol. The predicted octanol–water partition coefficient (Wildman–Crippen LogP) is 5.02. The van der Waals surface area contributed by atoms with E-state index in [9.17, 15) is 0 Å². The predicted molar refractivity (Wildman–Crippen MR) is 106 cm³/mol. The molecule has 0 aliphatic carbocycles. The number of para-hydroxylation sites is 1. The van der Waals surface area contributed by atoms with Gasteiger partial charge in [0.05, 0.1) is 17.6 Å². The molecule has 0 fully saturated rings. The summed E-state index contributed by atoms with van der Waals surface area (Å²) in [5.41, 5.74) is 4.38. The lowest BCUT2D eigenvalue weighted by atomic mass is 10.2. The van der Waals surface area contributed by atoms with Gasteiger partial charge >= 0.3 is 0 Å². The fourth-order valence-electron chi connectivity index (χ4n) is 2.52. The first kappa shape index (κ1) is 16.4. The molecule has 4 heteroatoms. The minimum atomic E-state index is 1.00. The summed E-state index contributed by atoms with van der Waals surface area (Å²) in [4.78, 5) is 7.96. The van der Waals surface area contributed by atoms with Crippen molar-refractivity contribution in [1.82, 2.24) is 4.57 Å². The van der Waals surface area contributed by atoms with E-state index in [1.54, 1.807) is 11.8 Å². The van der Waals surface area contributed by atoms with E-state index in [1.165, 1.54) is 10.6 Å². The Balaban J connectivity index is 1.89. The Labute approximate surface area is 147 Å². The standard InChI is InChI=1S/C20H21N3S/c1-22(2)16-10-12-17(13-11-16)23-14-6-7-18(23)15-21-19-8-4-5-9-20(19)24-3/h4-15H,1-3H3. The summed E-state index contributed by atoms with van der Waals surface area (Å²) < 4.78 is 2.14. The zero-order valence-electron chi connectivity index (χ0n) is 14.2. The van der Waals surface area contributed by atoms with Gasteiger partial charge in [-0.05, 0) is 54.8 Å². The number of nitrogens with zero attached hydrogens (tertiary/aromatic N) is 3.